The maximum absolute atomic E-state index is 11.9. The third kappa shape index (κ3) is 23.8. The number of rotatable bonds is 34. The molecule has 0 N–H and O–H groups in total. The van der Waals surface area contributed by atoms with Crippen molar-refractivity contribution < 1.29 is 25.9 Å². The summed E-state index contributed by atoms with van der Waals surface area (Å²) >= 11 is 0. The van der Waals surface area contributed by atoms with Crippen LogP contribution in [-0.4, -0.2) is 74.8 Å². The van der Waals surface area contributed by atoms with Crippen LogP contribution in [0.25, 0.3) is 21.5 Å². The largest absolute Gasteiger partial charge is 2.00 e. The van der Waals surface area contributed by atoms with Crippen molar-refractivity contribution in [1.82, 2.24) is 0 Å². The van der Waals surface area contributed by atoms with Crippen LogP contribution in [0.3, 0.4) is 0 Å². The molecule has 0 aliphatic heterocycles. The molecule has 0 unspecified atom stereocenters. The monoisotopic (exact) mass is 1060 g/mol. The Kier molecular flexibility index (Phi) is 32.2. The van der Waals surface area contributed by atoms with E-state index in [2.05, 4.69) is 52.0 Å². The Morgan fingerprint density at radius 1 is 0.338 bits per heavy atom. The van der Waals surface area contributed by atoms with Crippen molar-refractivity contribution >= 4 is 90.7 Å². The van der Waals surface area contributed by atoms with Gasteiger partial charge in [0.05, 0.1) is 9.79 Å². The molecule has 4 rings (SSSR count). The summed E-state index contributed by atoms with van der Waals surface area (Å²) in [5.41, 5.74) is 4.03. The van der Waals surface area contributed by atoms with E-state index >= 15 is 0 Å². The van der Waals surface area contributed by atoms with E-state index in [4.69, 9.17) is 0 Å². The fraction of sp³-hybridized carbons (Fsp3) is 0.643. The van der Waals surface area contributed by atoms with Gasteiger partial charge >= 0.3 is 48.9 Å². The van der Waals surface area contributed by atoms with Gasteiger partial charge in [-0.3, -0.25) is 0 Å². The summed E-state index contributed by atoms with van der Waals surface area (Å²) in [6.45, 7) is 8.92. The zero-order chi connectivity index (χ0) is 46.5. The minimum absolute atomic E-state index is 0. The Morgan fingerprint density at radius 3 is 0.877 bits per heavy atom. The molecule has 0 aliphatic rings. The van der Waals surface area contributed by atoms with Crippen molar-refractivity contribution in [3.8, 4) is 0 Å². The molecule has 360 valence electrons. The van der Waals surface area contributed by atoms with Crippen molar-refractivity contribution in [2.45, 2.75) is 243 Å². The van der Waals surface area contributed by atoms with E-state index in [1.54, 1.807) is 0 Å². The Hall–Kier alpha value is -1.21. The van der Waals surface area contributed by atoms with Crippen LogP contribution < -0.4 is 0 Å². The molecule has 9 heteroatoms. The molecule has 4 aromatic carbocycles. The van der Waals surface area contributed by atoms with Gasteiger partial charge in [-0.15, -0.1) is 0 Å². The molecular weight excluding hydrogens is 970 g/mol. The van der Waals surface area contributed by atoms with Crippen LogP contribution in [0.15, 0.2) is 70.5 Å². The third-order valence-corrected chi connectivity index (χ3v) is 14.9. The number of hydrogen-bond acceptors (Lipinski definition) is 6. The second kappa shape index (κ2) is 35.0. The number of aryl methyl sites for hydroxylation is 4. The van der Waals surface area contributed by atoms with Crippen LogP contribution in [-0.2, 0) is 45.9 Å². The van der Waals surface area contributed by atoms with Crippen molar-refractivity contribution in [3.05, 3.63) is 82.9 Å². The first kappa shape index (κ1) is 59.9. The van der Waals surface area contributed by atoms with Gasteiger partial charge in [0.25, 0.3) is 0 Å². The van der Waals surface area contributed by atoms with E-state index in [0.29, 0.717) is 24.0 Å². The standard InChI is InChI=1S/2C28H44O3S.Ba/c2*1-3-5-7-9-11-13-15-17-24-19-21-26-25(23-24)20-22-28(32(29,30)31)27(26)18-16-14-12-10-8-6-4-2;/h2*19-23H,3-18H2,1-2H3,(H,29,30,31);/q;;+2/p-2. The summed E-state index contributed by atoms with van der Waals surface area (Å²) in [5.74, 6) is 0. The normalized spacial score (nSPS) is 11.8. The molecule has 0 bridgehead atoms. The predicted octanol–water partition coefficient (Wildman–Crippen LogP) is 16.3. The summed E-state index contributed by atoms with van der Waals surface area (Å²) in [5, 5.41) is 3.96. The van der Waals surface area contributed by atoms with Crippen LogP contribution in [0.2, 0.25) is 0 Å². The smallest absolute Gasteiger partial charge is 0.744 e. The fourth-order valence-corrected chi connectivity index (χ4v) is 10.7. The van der Waals surface area contributed by atoms with Gasteiger partial charge in [-0.05, 0) is 107 Å². The Morgan fingerprint density at radius 2 is 0.600 bits per heavy atom. The Balaban J connectivity index is 0.000000440. The maximum Gasteiger partial charge on any atom is 2.00 e. The molecule has 0 fully saturated rings. The predicted molar refractivity (Wildman–Crippen MR) is 276 cm³/mol. The zero-order valence-corrected chi connectivity index (χ0v) is 47.4. The summed E-state index contributed by atoms with van der Waals surface area (Å²) in [7, 11) is -8.93. The first-order chi connectivity index (χ1) is 30.9. The molecule has 0 radical (unpaired) electrons. The van der Waals surface area contributed by atoms with Gasteiger partial charge in [0.15, 0.2) is 0 Å². The van der Waals surface area contributed by atoms with Gasteiger partial charge in [-0.1, -0.05) is 230 Å². The molecule has 0 spiro atoms. The van der Waals surface area contributed by atoms with Crippen LogP contribution >= 0.6 is 0 Å². The Bertz CT molecular complexity index is 1960. The SMILES string of the molecule is CCCCCCCCCc1ccc2c(CCCCCCCCC)c(S(=O)(=O)[O-])ccc2c1.CCCCCCCCCc1ccc2c(CCCCCCCCC)c(S(=O)(=O)[O-])ccc2c1.[Ba+2]. The van der Waals surface area contributed by atoms with E-state index in [1.807, 2.05) is 24.3 Å². The molecule has 0 amide bonds. The summed E-state index contributed by atoms with van der Waals surface area (Å²) in [6, 6.07) is 19.4. The molecule has 6 nitrogen and oxygen atoms in total. The fourth-order valence-electron chi connectivity index (χ4n) is 9.23. The molecule has 0 aromatic heterocycles. The van der Waals surface area contributed by atoms with Gasteiger partial charge in [0.1, 0.15) is 20.2 Å². The maximum atomic E-state index is 11.9. The minimum atomic E-state index is -4.47. The van der Waals surface area contributed by atoms with Gasteiger partial charge < -0.3 is 9.11 Å². The first-order valence-corrected chi connectivity index (χ1v) is 28.8. The third-order valence-electron chi connectivity index (χ3n) is 13.0. The second-order valence-electron chi connectivity index (χ2n) is 18.6. The van der Waals surface area contributed by atoms with E-state index < -0.39 is 20.2 Å². The topological polar surface area (TPSA) is 114 Å². The molecular formula is C56H86BaO6S2. The second-order valence-corrected chi connectivity index (χ2v) is 21.3. The van der Waals surface area contributed by atoms with Gasteiger partial charge in [-0.25, -0.2) is 16.8 Å². The van der Waals surface area contributed by atoms with E-state index in [9.17, 15) is 25.9 Å². The molecule has 4 aromatic rings. The molecule has 0 aliphatic carbocycles. The summed E-state index contributed by atoms with van der Waals surface area (Å²) in [4.78, 5) is -0.0633. The minimum Gasteiger partial charge on any atom is -0.744 e. The zero-order valence-electron chi connectivity index (χ0n) is 41.4. The van der Waals surface area contributed by atoms with Crippen LogP contribution in [0.1, 0.15) is 230 Å². The van der Waals surface area contributed by atoms with Gasteiger partial charge in [0.2, 0.25) is 0 Å². The quantitative estimate of drug-likeness (QED) is 0.0261. The van der Waals surface area contributed by atoms with Gasteiger partial charge in [0, 0.05) is 0 Å². The number of benzene rings is 4. The van der Waals surface area contributed by atoms with E-state index in [-0.39, 0.29) is 58.7 Å². The molecule has 0 heterocycles. The summed E-state index contributed by atoms with van der Waals surface area (Å²) in [6.07, 6.45) is 37.9. The van der Waals surface area contributed by atoms with Crippen molar-refractivity contribution in [3.63, 3.8) is 0 Å². The molecule has 0 saturated carbocycles. The number of fused-ring (bicyclic) bond motifs is 2. The van der Waals surface area contributed by atoms with Crippen molar-refractivity contribution in [1.29, 1.82) is 0 Å². The van der Waals surface area contributed by atoms with E-state index in [0.717, 1.165) is 60.1 Å². The van der Waals surface area contributed by atoms with Crippen LogP contribution in [0, 0.1) is 0 Å². The molecule has 0 atom stereocenters. The van der Waals surface area contributed by atoms with Crippen molar-refractivity contribution in [2.24, 2.45) is 0 Å². The molecule has 65 heavy (non-hydrogen) atoms. The average molecular weight is 1060 g/mol. The average Bonchev–Trinajstić information content (AvgIpc) is 3.27. The van der Waals surface area contributed by atoms with Crippen molar-refractivity contribution in [2.75, 3.05) is 0 Å². The number of unbranched alkanes of at least 4 members (excludes halogenated alkanes) is 24. The molecule has 0 saturated heterocycles. The van der Waals surface area contributed by atoms with Crippen LogP contribution in [0.4, 0.5) is 0 Å². The van der Waals surface area contributed by atoms with Crippen LogP contribution in [0.5, 0.6) is 0 Å². The Labute approximate surface area is 438 Å². The van der Waals surface area contributed by atoms with E-state index in [1.165, 1.54) is 177 Å². The first-order valence-electron chi connectivity index (χ1n) is 25.9. The number of hydrogen-bond donors (Lipinski definition) is 0. The summed E-state index contributed by atoms with van der Waals surface area (Å²) < 4.78 is 71.3. The van der Waals surface area contributed by atoms with Gasteiger partial charge in [-0.2, -0.15) is 0 Å².